The average molecular weight is 302 g/mol. The molecule has 2 fully saturated rings. The normalized spacial score (nSPS) is 22.2. The van der Waals surface area contributed by atoms with E-state index in [1.54, 1.807) is 0 Å². The van der Waals surface area contributed by atoms with Crippen molar-refractivity contribution in [2.75, 3.05) is 39.4 Å². The smallest absolute Gasteiger partial charge is 0.228 e. The van der Waals surface area contributed by atoms with E-state index in [9.17, 15) is 9.59 Å². The number of benzene rings is 1. The predicted molar refractivity (Wildman–Crippen MR) is 82.2 cm³/mol. The third-order valence-corrected chi connectivity index (χ3v) is 4.40. The molecule has 0 bridgehead atoms. The van der Waals surface area contributed by atoms with Crippen molar-refractivity contribution in [3.05, 3.63) is 35.9 Å². The van der Waals surface area contributed by atoms with Gasteiger partial charge < -0.3 is 14.5 Å². The van der Waals surface area contributed by atoms with Crippen LogP contribution in [0.5, 0.6) is 0 Å². The molecule has 1 aromatic rings. The number of rotatable bonds is 4. The molecule has 3 rings (SSSR count). The Morgan fingerprint density at radius 2 is 1.91 bits per heavy atom. The van der Waals surface area contributed by atoms with Gasteiger partial charge in [0.15, 0.2) is 0 Å². The third kappa shape index (κ3) is 3.47. The van der Waals surface area contributed by atoms with Crippen LogP contribution >= 0.6 is 0 Å². The fourth-order valence-electron chi connectivity index (χ4n) is 3.10. The summed E-state index contributed by atoms with van der Waals surface area (Å²) in [6.07, 6.45) is 1.19. The first kappa shape index (κ1) is 15.0. The molecule has 2 heterocycles. The first-order valence-corrected chi connectivity index (χ1v) is 7.92. The summed E-state index contributed by atoms with van der Waals surface area (Å²) < 4.78 is 5.27. The number of nitrogens with zero attached hydrogens (tertiary/aromatic N) is 2. The van der Waals surface area contributed by atoms with Crippen LogP contribution in [-0.2, 0) is 20.7 Å². The van der Waals surface area contributed by atoms with E-state index in [0.29, 0.717) is 45.8 Å². The molecule has 5 nitrogen and oxygen atoms in total. The van der Waals surface area contributed by atoms with Crippen LogP contribution in [0, 0.1) is 5.92 Å². The summed E-state index contributed by atoms with van der Waals surface area (Å²) in [5.41, 5.74) is 1.22. The Hall–Kier alpha value is -1.88. The summed E-state index contributed by atoms with van der Waals surface area (Å²) in [6, 6.07) is 10.1. The Bertz CT molecular complexity index is 526. The van der Waals surface area contributed by atoms with Crippen molar-refractivity contribution in [2.24, 2.45) is 5.92 Å². The molecule has 0 aliphatic carbocycles. The van der Waals surface area contributed by atoms with Gasteiger partial charge in [-0.15, -0.1) is 0 Å². The Labute approximate surface area is 130 Å². The van der Waals surface area contributed by atoms with Crippen LogP contribution < -0.4 is 0 Å². The maximum Gasteiger partial charge on any atom is 0.228 e. The van der Waals surface area contributed by atoms with Crippen LogP contribution in [0.4, 0.5) is 0 Å². The van der Waals surface area contributed by atoms with E-state index >= 15 is 0 Å². The zero-order chi connectivity index (χ0) is 15.4. The molecular formula is C17H22N2O3. The highest BCUT2D eigenvalue weighted by molar-refractivity contribution is 5.89. The van der Waals surface area contributed by atoms with Gasteiger partial charge in [-0.25, -0.2) is 0 Å². The monoisotopic (exact) mass is 302 g/mol. The van der Waals surface area contributed by atoms with Gasteiger partial charge in [0.05, 0.1) is 19.1 Å². The molecule has 0 saturated carbocycles. The highest BCUT2D eigenvalue weighted by Crippen LogP contribution is 2.21. The van der Waals surface area contributed by atoms with E-state index in [4.69, 9.17) is 4.74 Å². The zero-order valence-electron chi connectivity index (χ0n) is 12.7. The fourth-order valence-corrected chi connectivity index (χ4v) is 3.10. The molecule has 2 amide bonds. The van der Waals surface area contributed by atoms with E-state index in [2.05, 4.69) is 12.1 Å². The van der Waals surface area contributed by atoms with E-state index in [1.807, 2.05) is 28.0 Å². The van der Waals surface area contributed by atoms with Crippen molar-refractivity contribution in [2.45, 2.75) is 12.8 Å². The Balaban J connectivity index is 1.52. The van der Waals surface area contributed by atoms with Crippen molar-refractivity contribution in [1.82, 2.24) is 9.80 Å². The number of amides is 2. The van der Waals surface area contributed by atoms with Crippen molar-refractivity contribution in [1.29, 1.82) is 0 Å². The van der Waals surface area contributed by atoms with Gasteiger partial charge in [-0.2, -0.15) is 0 Å². The van der Waals surface area contributed by atoms with E-state index in [-0.39, 0.29) is 17.7 Å². The lowest BCUT2D eigenvalue weighted by Crippen LogP contribution is -2.44. The Morgan fingerprint density at radius 1 is 1.18 bits per heavy atom. The molecule has 1 unspecified atom stereocenters. The average Bonchev–Trinajstić information content (AvgIpc) is 2.95. The van der Waals surface area contributed by atoms with E-state index in [1.165, 1.54) is 5.56 Å². The number of carbonyl (C=O) groups is 2. The standard InChI is InChI=1S/C17H22N2O3/c20-16-12-15(17(21)18-8-10-22-11-9-18)13-19(16)7-6-14-4-2-1-3-5-14/h1-5,15H,6-13H2. The number of hydrogen-bond donors (Lipinski definition) is 0. The number of hydrogen-bond acceptors (Lipinski definition) is 3. The Kier molecular flexibility index (Phi) is 4.73. The summed E-state index contributed by atoms with van der Waals surface area (Å²) >= 11 is 0. The lowest BCUT2D eigenvalue weighted by Gasteiger charge is -2.29. The maximum absolute atomic E-state index is 12.5. The van der Waals surface area contributed by atoms with Gasteiger partial charge in [0, 0.05) is 32.6 Å². The first-order chi connectivity index (χ1) is 10.7. The van der Waals surface area contributed by atoms with E-state index in [0.717, 1.165) is 6.42 Å². The minimum atomic E-state index is -0.179. The third-order valence-electron chi connectivity index (χ3n) is 4.40. The van der Waals surface area contributed by atoms with Gasteiger partial charge in [0.1, 0.15) is 0 Å². The van der Waals surface area contributed by atoms with Gasteiger partial charge in [0.2, 0.25) is 11.8 Å². The molecule has 0 spiro atoms. The molecule has 0 radical (unpaired) electrons. The van der Waals surface area contributed by atoms with Gasteiger partial charge in [-0.3, -0.25) is 9.59 Å². The number of carbonyl (C=O) groups excluding carboxylic acids is 2. The minimum Gasteiger partial charge on any atom is -0.378 e. The summed E-state index contributed by atoms with van der Waals surface area (Å²) in [5.74, 6) is 0.0303. The van der Waals surface area contributed by atoms with Gasteiger partial charge in [-0.1, -0.05) is 30.3 Å². The molecular weight excluding hydrogens is 280 g/mol. The highest BCUT2D eigenvalue weighted by atomic mass is 16.5. The van der Waals surface area contributed by atoms with Crippen LogP contribution in [0.3, 0.4) is 0 Å². The summed E-state index contributed by atoms with van der Waals surface area (Å²) in [7, 11) is 0. The second-order valence-electron chi connectivity index (χ2n) is 5.91. The van der Waals surface area contributed by atoms with Crippen molar-refractivity contribution in [3.63, 3.8) is 0 Å². The van der Waals surface area contributed by atoms with Crippen LogP contribution in [0.2, 0.25) is 0 Å². The molecule has 1 atom stereocenters. The topological polar surface area (TPSA) is 49.9 Å². The molecule has 118 valence electrons. The van der Waals surface area contributed by atoms with Crippen LogP contribution in [-0.4, -0.2) is 61.0 Å². The molecule has 1 aromatic carbocycles. The van der Waals surface area contributed by atoms with Gasteiger partial charge in [0.25, 0.3) is 0 Å². The van der Waals surface area contributed by atoms with Crippen LogP contribution in [0.25, 0.3) is 0 Å². The van der Waals surface area contributed by atoms with Crippen LogP contribution in [0.1, 0.15) is 12.0 Å². The second-order valence-corrected chi connectivity index (χ2v) is 5.91. The molecule has 5 heteroatoms. The second kappa shape index (κ2) is 6.92. The fraction of sp³-hybridized carbons (Fsp3) is 0.529. The largest absolute Gasteiger partial charge is 0.378 e. The number of morpholine rings is 1. The molecule has 2 aliphatic rings. The van der Waals surface area contributed by atoms with Crippen molar-refractivity contribution < 1.29 is 14.3 Å². The summed E-state index contributed by atoms with van der Waals surface area (Å²) in [5, 5.41) is 0. The lowest BCUT2D eigenvalue weighted by molar-refractivity contribution is -0.139. The summed E-state index contributed by atoms with van der Waals surface area (Å²) in [6.45, 7) is 3.74. The van der Waals surface area contributed by atoms with Crippen molar-refractivity contribution in [3.8, 4) is 0 Å². The molecule has 22 heavy (non-hydrogen) atoms. The number of likely N-dealkylation sites (tertiary alicyclic amines) is 1. The van der Waals surface area contributed by atoms with Gasteiger partial charge in [-0.05, 0) is 12.0 Å². The molecule has 0 aromatic heterocycles. The quantitative estimate of drug-likeness (QED) is 0.831. The minimum absolute atomic E-state index is 0.0996. The molecule has 2 aliphatic heterocycles. The first-order valence-electron chi connectivity index (χ1n) is 7.92. The van der Waals surface area contributed by atoms with Crippen LogP contribution in [0.15, 0.2) is 30.3 Å². The Morgan fingerprint density at radius 3 is 2.64 bits per heavy atom. The van der Waals surface area contributed by atoms with Gasteiger partial charge >= 0.3 is 0 Å². The SMILES string of the molecule is O=C1CC(C(=O)N2CCOCC2)CN1CCc1ccccc1. The maximum atomic E-state index is 12.5. The predicted octanol–water partition coefficient (Wildman–Crippen LogP) is 0.936. The highest BCUT2D eigenvalue weighted by Gasteiger charge is 2.36. The van der Waals surface area contributed by atoms with Crippen molar-refractivity contribution >= 4 is 11.8 Å². The number of ether oxygens (including phenoxy) is 1. The zero-order valence-corrected chi connectivity index (χ0v) is 12.7. The molecule has 0 N–H and O–H groups in total. The van der Waals surface area contributed by atoms with E-state index < -0.39 is 0 Å². The molecule has 2 saturated heterocycles. The summed E-state index contributed by atoms with van der Waals surface area (Å²) in [4.78, 5) is 28.2. The lowest BCUT2D eigenvalue weighted by atomic mass is 10.1.